The molecule has 2 aliphatic rings. The Labute approximate surface area is 206 Å². The highest BCUT2D eigenvalue weighted by Gasteiger charge is 2.59. The predicted octanol–water partition coefficient (Wildman–Crippen LogP) is 5.26. The van der Waals surface area contributed by atoms with Crippen LogP contribution in [0.1, 0.15) is 18.5 Å². The summed E-state index contributed by atoms with van der Waals surface area (Å²) in [5.41, 5.74) is 1.35. The van der Waals surface area contributed by atoms with Crippen LogP contribution in [0.2, 0.25) is 0 Å². The summed E-state index contributed by atoms with van der Waals surface area (Å²) in [7, 11) is 1.61. The van der Waals surface area contributed by atoms with Crippen molar-refractivity contribution >= 4 is 50.5 Å². The molecule has 1 saturated heterocycles. The van der Waals surface area contributed by atoms with Crippen molar-refractivity contribution in [2.45, 2.75) is 18.7 Å². The van der Waals surface area contributed by atoms with E-state index in [9.17, 15) is 4.79 Å². The van der Waals surface area contributed by atoms with Gasteiger partial charge in [0.2, 0.25) is 5.91 Å². The molecule has 168 valence electrons. The molecular weight excluding hydrogens is 502 g/mol. The minimum Gasteiger partial charge on any atom is -0.497 e. The first-order valence-corrected chi connectivity index (χ1v) is 11.7. The Bertz CT molecular complexity index is 1220. The van der Waals surface area contributed by atoms with E-state index >= 15 is 0 Å². The van der Waals surface area contributed by atoms with E-state index in [0.717, 1.165) is 27.2 Å². The second kappa shape index (κ2) is 8.35. The largest absolute Gasteiger partial charge is 0.497 e. The van der Waals surface area contributed by atoms with E-state index in [1.807, 2.05) is 84.6 Å². The average molecular weight is 524 g/mol. The van der Waals surface area contributed by atoms with Gasteiger partial charge in [-0.05, 0) is 73.7 Å². The number of carbonyl (C=O) groups excluding carboxylic acids is 1. The van der Waals surface area contributed by atoms with Gasteiger partial charge in [0.25, 0.3) is 0 Å². The van der Waals surface area contributed by atoms with Gasteiger partial charge in [0, 0.05) is 21.4 Å². The fraction of sp³-hybridized carbons (Fsp3) is 0.200. The van der Waals surface area contributed by atoms with Crippen molar-refractivity contribution < 1.29 is 14.3 Å². The molecule has 33 heavy (non-hydrogen) atoms. The van der Waals surface area contributed by atoms with Crippen LogP contribution in [0.3, 0.4) is 0 Å². The molecule has 3 atom stereocenters. The number of benzene rings is 3. The highest BCUT2D eigenvalue weighted by atomic mass is 79.9. The standard InChI is InChI=1S/C25H22BrN3O3S/c1-25-21(23(30)27-16-9-11-18(31-2)12-10-16)22(19-14-15(26)8-13-20(19)32-25)28-24(33)29(25)17-6-4-3-5-7-17/h3-14,21-22H,1-2H3,(H,27,30)(H,28,33)/t21-,22+,25+/m1/s1. The number of anilines is 2. The van der Waals surface area contributed by atoms with E-state index in [2.05, 4.69) is 26.6 Å². The van der Waals surface area contributed by atoms with Crippen LogP contribution in [-0.2, 0) is 4.79 Å². The van der Waals surface area contributed by atoms with E-state index in [0.29, 0.717) is 10.8 Å². The number of amides is 1. The molecule has 0 spiro atoms. The summed E-state index contributed by atoms with van der Waals surface area (Å²) in [6, 6.07) is 22.4. The lowest BCUT2D eigenvalue weighted by Crippen LogP contribution is -2.72. The lowest BCUT2D eigenvalue weighted by Gasteiger charge is -2.56. The molecule has 6 nitrogen and oxygen atoms in total. The Hall–Kier alpha value is -3.10. The van der Waals surface area contributed by atoms with Crippen molar-refractivity contribution in [1.29, 1.82) is 0 Å². The minimum atomic E-state index is -1.05. The Balaban J connectivity index is 1.59. The van der Waals surface area contributed by atoms with Crippen molar-refractivity contribution in [2.75, 3.05) is 17.3 Å². The van der Waals surface area contributed by atoms with E-state index in [4.69, 9.17) is 21.7 Å². The summed E-state index contributed by atoms with van der Waals surface area (Å²) in [6.45, 7) is 1.92. The minimum absolute atomic E-state index is 0.172. The maximum Gasteiger partial charge on any atom is 0.236 e. The van der Waals surface area contributed by atoms with Gasteiger partial charge in [-0.2, -0.15) is 0 Å². The van der Waals surface area contributed by atoms with Crippen LogP contribution in [0.5, 0.6) is 11.5 Å². The van der Waals surface area contributed by atoms with Crippen LogP contribution in [0.4, 0.5) is 11.4 Å². The van der Waals surface area contributed by atoms with Crippen LogP contribution in [0.25, 0.3) is 0 Å². The first-order chi connectivity index (χ1) is 15.9. The zero-order valence-electron chi connectivity index (χ0n) is 18.0. The Morgan fingerprint density at radius 3 is 2.58 bits per heavy atom. The Morgan fingerprint density at radius 1 is 1.15 bits per heavy atom. The van der Waals surface area contributed by atoms with Gasteiger partial charge in [-0.25, -0.2) is 0 Å². The summed E-state index contributed by atoms with van der Waals surface area (Å²) in [6.07, 6.45) is 0. The summed E-state index contributed by atoms with van der Waals surface area (Å²) in [5.74, 6) is 0.663. The number of thiocarbonyl (C=S) groups is 1. The van der Waals surface area contributed by atoms with Crippen molar-refractivity contribution in [1.82, 2.24) is 5.32 Å². The third-order valence-electron chi connectivity index (χ3n) is 6.11. The Morgan fingerprint density at radius 2 is 1.88 bits per heavy atom. The number of hydrogen-bond acceptors (Lipinski definition) is 4. The van der Waals surface area contributed by atoms with Gasteiger partial charge in [0.1, 0.15) is 17.4 Å². The third-order valence-corrected chi connectivity index (χ3v) is 6.91. The van der Waals surface area contributed by atoms with Gasteiger partial charge >= 0.3 is 0 Å². The van der Waals surface area contributed by atoms with Crippen molar-refractivity contribution in [3.63, 3.8) is 0 Å². The molecule has 1 amide bonds. The molecule has 2 N–H and O–H groups in total. The summed E-state index contributed by atoms with van der Waals surface area (Å²) in [5, 5.41) is 6.98. The fourth-order valence-corrected chi connectivity index (χ4v) is 5.41. The van der Waals surface area contributed by atoms with Crippen LogP contribution in [0, 0.1) is 5.92 Å². The lowest BCUT2D eigenvalue weighted by molar-refractivity contribution is -0.130. The zero-order valence-corrected chi connectivity index (χ0v) is 20.4. The molecule has 0 aliphatic carbocycles. The predicted molar refractivity (Wildman–Crippen MR) is 136 cm³/mol. The molecule has 0 unspecified atom stereocenters. The van der Waals surface area contributed by atoms with Crippen LogP contribution < -0.4 is 25.0 Å². The van der Waals surface area contributed by atoms with Crippen LogP contribution in [-0.4, -0.2) is 23.9 Å². The SMILES string of the molecule is COc1ccc(NC(=O)[C@H]2[C@H]3NC(=S)N(c4ccccc4)[C@@]2(C)Oc2ccc(Br)cc23)cc1. The molecular formula is C25H22BrN3O3S. The highest BCUT2D eigenvalue weighted by Crippen LogP contribution is 2.50. The number of para-hydroxylation sites is 1. The van der Waals surface area contributed by atoms with Gasteiger partial charge < -0.3 is 20.1 Å². The number of carbonyl (C=O) groups is 1. The van der Waals surface area contributed by atoms with Crippen molar-refractivity contribution in [2.24, 2.45) is 5.92 Å². The normalized spacial score (nSPS) is 23.1. The summed E-state index contributed by atoms with van der Waals surface area (Å²) < 4.78 is 12.7. The maximum absolute atomic E-state index is 13.8. The lowest BCUT2D eigenvalue weighted by atomic mass is 9.78. The third kappa shape index (κ3) is 3.73. The molecule has 0 saturated carbocycles. The molecule has 2 heterocycles. The molecule has 0 aromatic heterocycles. The van der Waals surface area contributed by atoms with Crippen LogP contribution in [0.15, 0.2) is 77.3 Å². The number of nitrogens with zero attached hydrogens (tertiary/aromatic N) is 1. The molecule has 1 fully saturated rings. The molecule has 8 heteroatoms. The molecule has 0 radical (unpaired) electrons. The molecule has 5 rings (SSSR count). The number of rotatable bonds is 4. The number of fused-ring (bicyclic) bond motifs is 4. The van der Waals surface area contributed by atoms with Gasteiger partial charge in [-0.15, -0.1) is 0 Å². The molecule has 2 aliphatic heterocycles. The number of ether oxygens (including phenoxy) is 2. The first-order valence-electron chi connectivity index (χ1n) is 10.5. The summed E-state index contributed by atoms with van der Waals surface area (Å²) in [4.78, 5) is 15.7. The van der Waals surface area contributed by atoms with E-state index < -0.39 is 11.6 Å². The fourth-order valence-electron chi connectivity index (χ4n) is 4.61. The van der Waals surface area contributed by atoms with E-state index in [1.54, 1.807) is 7.11 Å². The van der Waals surface area contributed by atoms with E-state index in [1.165, 1.54) is 0 Å². The van der Waals surface area contributed by atoms with Crippen LogP contribution >= 0.6 is 28.1 Å². The first kappa shape index (κ1) is 21.7. The number of nitrogens with one attached hydrogen (secondary N) is 2. The smallest absolute Gasteiger partial charge is 0.236 e. The van der Waals surface area contributed by atoms with E-state index in [-0.39, 0.29) is 11.9 Å². The van der Waals surface area contributed by atoms with Gasteiger partial charge in [0.05, 0.1) is 13.2 Å². The monoisotopic (exact) mass is 523 g/mol. The molecule has 2 bridgehead atoms. The molecule has 3 aromatic carbocycles. The quantitative estimate of drug-likeness (QED) is 0.455. The Kier molecular flexibility index (Phi) is 5.50. The average Bonchev–Trinajstić information content (AvgIpc) is 2.80. The highest BCUT2D eigenvalue weighted by molar-refractivity contribution is 9.10. The molecule has 3 aromatic rings. The van der Waals surface area contributed by atoms with Gasteiger partial charge in [-0.1, -0.05) is 34.1 Å². The number of halogens is 1. The maximum atomic E-state index is 13.8. The van der Waals surface area contributed by atoms with Gasteiger partial charge in [-0.3, -0.25) is 9.69 Å². The second-order valence-electron chi connectivity index (χ2n) is 8.13. The number of hydrogen-bond donors (Lipinski definition) is 2. The second-order valence-corrected chi connectivity index (χ2v) is 9.43. The topological polar surface area (TPSA) is 62.8 Å². The zero-order chi connectivity index (χ0) is 23.2. The van der Waals surface area contributed by atoms with Crippen molar-refractivity contribution in [3.05, 3.63) is 82.8 Å². The van der Waals surface area contributed by atoms with Crippen molar-refractivity contribution in [3.8, 4) is 11.5 Å². The number of methoxy groups -OCH3 is 1. The summed E-state index contributed by atoms with van der Waals surface area (Å²) >= 11 is 9.31. The van der Waals surface area contributed by atoms with Gasteiger partial charge in [0.15, 0.2) is 10.8 Å².